The molecule has 41 heavy (non-hydrogen) atoms. The van der Waals surface area contributed by atoms with Crippen LogP contribution in [0.15, 0.2) is 92.2 Å². The topological polar surface area (TPSA) is 100 Å². The fourth-order valence-electron chi connectivity index (χ4n) is 4.57. The van der Waals surface area contributed by atoms with Gasteiger partial charge in [0.05, 0.1) is 40.1 Å². The van der Waals surface area contributed by atoms with Gasteiger partial charge >= 0.3 is 11.9 Å². The predicted molar refractivity (Wildman–Crippen MR) is 156 cm³/mol. The maximum Gasteiger partial charge on any atom is 0.338 e. The maximum atomic E-state index is 13.8. The lowest BCUT2D eigenvalue weighted by Crippen LogP contribution is -2.40. The molecular formula is C32H30N2O6S. The number of thiazole rings is 1. The molecule has 1 unspecified atom stereocenters. The summed E-state index contributed by atoms with van der Waals surface area (Å²) in [6.45, 7) is 7.65. The fraction of sp³-hybridized carbons (Fsp3) is 0.250. The molecule has 0 amide bonds. The van der Waals surface area contributed by atoms with Crippen LogP contribution in [0.25, 0.3) is 17.4 Å². The van der Waals surface area contributed by atoms with Crippen LogP contribution in [-0.2, 0) is 14.3 Å². The summed E-state index contributed by atoms with van der Waals surface area (Å²) in [5.74, 6) is 0.223. The molecule has 0 N–H and O–H groups in total. The van der Waals surface area contributed by atoms with E-state index in [-0.39, 0.29) is 17.6 Å². The second kappa shape index (κ2) is 11.9. The minimum Gasteiger partial charge on any atom is -0.462 e. The van der Waals surface area contributed by atoms with E-state index < -0.39 is 12.0 Å². The smallest absolute Gasteiger partial charge is 0.338 e. The van der Waals surface area contributed by atoms with Gasteiger partial charge in [-0.25, -0.2) is 14.6 Å². The molecule has 2 aromatic heterocycles. The molecule has 5 rings (SSSR count). The van der Waals surface area contributed by atoms with Gasteiger partial charge < -0.3 is 13.9 Å². The lowest BCUT2D eigenvalue weighted by atomic mass is 9.96. The summed E-state index contributed by atoms with van der Waals surface area (Å²) in [7, 11) is 0. The number of carbonyl (C=O) groups excluding carboxylic acids is 2. The molecule has 4 aromatic rings. The van der Waals surface area contributed by atoms with E-state index in [9.17, 15) is 14.4 Å². The number of fused-ring (bicyclic) bond motifs is 1. The van der Waals surface area contributed by atoms with Gasteiger partial charge in [0.25, 0.3) is 5.56 Å². The summed E-state index contributed by atoms with van der Waals surface area (Å²) in [6.07, 6.45) is 2.12. The van der Waals surface area contributed by atoms with Gasteiger partial charge in [-0.2, -0.15) is 0 Å². The largest absolute Gasteiger partial charge is 0.462 e. The molecule has 1 atom stereocenters. The molecule has 2 aromatic carbocycles. The zero-order valence-electron chi connectivity index (χ0n) is 23.2. The maximum absolute atomic E-state index is 13.8. The van der Waals surface area contributed by atoms with Gasteiger partial charge in [0.1, 0.15) is 11.5 Å². The first kappa shape index (κ1) is 28.0. The van der Waals surface area contributed by atoms with Crippen LogP contribution in [0, 0.1) is 0 Å². The number of furan rings is 1. The van der Waals surface area contributed by atoms with Crippen molar-refractivity contribution in [3.8, 4) is 11.3 Å². The first-order valence-electron chi connectivity index (χ1n) is 13.4. The standard InChI is InChI=1S/C32H30N2O6S/c1-5-17-38-30(36)23-13-11-21(12-14-23)25-16-15-24(40-25)18-26-29(35)34-28(22-9-7-6-8-10-22)27(31(37)39-19(2)3)20(4)33-32(34)41-26/h6-16,18-19,28H,5,17H2,1-4H3. The summed E-state index contributed by atoms with van der Waals surface area (Å²) in [5.41, 5.74) is 2.61. The zero-order chi connectivity index (χ0) is 29.1. The van der Waals surface area contributed by atoms with E-state index in [1.165, 1.54) is 11.3 Å². The van der Waals surface area contributed by atoms with E-state index >= 15 is 0 Å². The minimum atomic E-state index is -0.671. The Kier molecular flexibility index (Phi) is 8.16. The van der Waals surface area contributed by atoms with Gasteiger partial charge in [0, 0.05) is 11.6 Å². The molecule has 1 aliphatic heterocycles. The van der Waals surface area contributed by atoms with E-state index in [0.717, 1.165) is 17.5 Å². The monoisotopic (exact) mass is 570 g/mol. The van der Waals surface area contributed by atoms with E-state index in [4.69, 9.17) is 13.9 Å². The van der Waals surface area contributed by atoms with Crippen molar-refractivity contribution in [2.75, 3.05) is 6.61 Å². The van der Waals surface area contributed by atoms with Crippen LogP contribution in [-0.4, -0.2) is 29.2 Å². The summed E-state index contributed by atoms with van der Waals surface area (Å²) in [4.78, 5) is 44.1. The van der Waals surface area contributed by atoms with Gasteiger partial charge in [-0.1, -0.05) is 60.7 Å². The van der Waals surface area contributed by atoms with E-state index in [1.807, 2.05) is 43.3 Å². The number of esters is 2. The normalized spacial score (nSPS) is 15.0. The summed E-state index contributed by atoms with van der Waals surface area (Å²) >= 11 is 1.23. The molecule has 210 valence electrons. The number of hydrogen-bond donors (Lipinski definition) is 0. The highest BCUT2D eigenvalue weighted by molar-refractivity contribution is 7.07. The average Bonchev–Trinajstić information content (AvgIpc) is 3.55. The quantitative estimate of drug-likeness (QED) is 0.276. The third-order valence-electron chi connectivity index (χ3n) is 6.44. The van der Waals surface area contributed by atoms with E-state index in [2.05, 4.69) is 4.99 Å². The number of benzene rings is 2. The highest BCUT2D eigenvalue weighted by atomic mass is 32.1. The highest BCUT2D eigenvalue weighted by Gasteiger charge is 2.33. The number of hydrogen-bond acceptors (Lipinski definition) is 8. The molecule has 3 heterocycles. The number of ether oxygens (including phenoxy) is 2. The first-order valence-corrected chi connectivity index (χ1v) is 14.2. The Morgan fingerprint density at radius 2 is 1.78 bits per heavy atom. The van der Waals surface area contributed by atoms with Crippen molar-refractivity contribution in [3.05, 3.63) is 115 Å². The fourth-order valence-corrected chi connectivity index (χ4v) is 5.60. The van der Waals surface area contributed by atoms with Crippen molar-refractivity contribution in [2.24, 2.45) is 4.99 Å². The Morgan fingerprint density at radius 3 is 2.46 bits per heavy atom. The first-order chi connectivity index (χ1) is 19.8. The molecule has 0 fully saturated rings. The van der Waals surface area contributed by atoms with Crippen LogP contribution in [0.1, 0.15) is 61.8 Å². The molecule has 0 saturated heterocycles. The number of rotatable bonds is 8. The predicted octanol–water partition coefficient (Wildman–Crippen LogP) is 5.01. The van der Waals surface area contributed by atoms with Crippen molar-refractivity contribution in [3.63, 3.8) is 0 Å². The van der Waals surface area contributed by atoms with Crippen molar-refractivity contribution in [1.29, 1.82) is 0 Å². The van der Waals surface area contributed by atoms with Gasteiger partial charge in [-0.05, 0) is 57.0 Å². The number of aromatic nitrogens is 1. The SMILES string of the molecule is CCCOC(=O)c1ccc(-c2ccc(C=c3sc4n(c3=O)C(c3ccccc3)C(C(=O)OC(C)C)=C(C)N=4)o2)cc1. The zero-order valence-corrected chi connectivity index (χ0v) is 24.1. The molecule has 0 radical (unpaired) electrons. The van der Waals surface area contributed by atoms with Crippen molar-refractivity contribution in [2.45, 2.75) is 46.3 Å². The molecule has 0 aliphatic carbocycles. The molecule has 0 spiro atoms. The molecule has 0 bridgehead atoms. The number of nitrogens with zero attached hydrogens (tertiary/aromatic N) is 2. The minimum absolute atomic E-state index is 0.280. The second-order valence-electron chi connectivity index (χ2n) is 9.86. The Bertz CT molecular complexity index is 1790. The number of allylic oxidation sites excluding steroid dienone is 1. The van der Waals surface area contributed by atoms with Crippen molar-refractivity contribution >= 4 is 29.4 Å². The Labute approximate surface area is 240 Å². The Hall–Kier alpha value is -4.50. The Morgan fingerprint density at radius 1 is 1.05 bits per heavy atom. The average molecular weight is 571 g/mol. The van der Waals surface area contributed by atoms with Crippen LogP contribution in [0.4, 0.5) is 0 Å². The summed E-state index contributed by atoms with van der Waals surface area (Å²) in [6, 6.07) is 19.3. The van der Waals surface area contributed by atoms with E-state index in [1.54, 1.807) is 61.7 Å². The van der Waals surface area contributed by atoms with Crippen LogP contribution in [0.5, 0.6) is 0 Å². The van der Waals surface area contributed by atoms with Crippen molar-refractivity contribution in [1.82, 2.24) is 4.57 Å². The van der Waals surface area contributed by atoms with Gasteiger partial charge in [-0.3, -0.25) is 9.36 Å². The molecule has 1 aliphatic rings. The highest BCUT2D eigenvalue weighted by Crippen LogP contribution is 2.31. The molecule has 8 nitrogen and oxygen atoms in total. The van der Waals surface area contributed by atoms with Crippen LogP contribution < -0.4 is 14.9 Å². The van der Waals surface area contributed by atoms with Gasteiger partial charge in [-0.15, -0.1) is 0 Å². The lowest BCUT2D eigenvalue weighted by molar-refractivity contribution is -0.143. The molecule has 0 saturated carbocycles. The Balaban J connectivity index is 1.51. The van der Waals surface area contributed by atoms with Crippen molar-refractivity contribution < 1.29 is 23.5 Å². The van der Waals surface area contributed by atoms with E-state index in [0.29, 0.717) is 44.3 Å². The molecule has 9 heteroatoms. The van der Waals surface area contributed by atoms with Crippen LogP contribution >= 0.6 is 11.3 Å². The van der Waals surface area contributed by atoms with Gasteiger partial charge in [0.2, 0.25) is 0 Å². The van der Waals surface area contributed by atoms with Gasteiger partial charge in [0.15, 0.2) is 4.80 Å². The third kappa shape index (κ3) is 5.85. The summed E-state index contributed by atoms with van der Waals surface area (Å²) < 4.78 is 18.7. The molecular weight excluding hydrogens is 540 g/mol. The lowest BCUT2D eigenvalue weighted by Gasteiger charge is -2.25. The van der Waals surface area contributed by atoms with Crippen LogP contribution in [0.3, 0.4) is 0 Å². The van der Waals surface area contributed by atoms with Crippen LogP contribution in [0.2, 0.25) is 0 Å². The summed E-state index contributed by atoms with van der Waals surface area (Å²) in [5, 5.41) is 0. The second-order valence-corrected chi connectivity index (χ2v) is 10.9. The number of carbonyl (C=O) groups is 2. The third-order valence-corrected chi connectivity index (χ3v) is 7.43.